The maximum Gasteiger partial charge on any atom is 0.503 e. The summed E-state index contributed by atoms with van der Waals surface area (Å²) in [6.45, 7) is 13.2. The molecule has 0 fully saturated rings. The molecule has 7 heteroatoms. The van der Waals surface area contributed by atoms with Crippen LogP contribution in [0.2, 0.25) is 0 Å². The summed E-state index contributed by atoms with van der Waals surface area (Å²) >= 11 is 0. The van der Waals surface area contributed by atoms with Gasteiger partial charge < -0.3 is 4.74 Å². The van der Waals surface area contributed by atoms with Gasteiger partial charge >= 0.3 is 6.01 Å². The molecule has 2 aromatic heterocycles. The average Bonchev–Trinajstić information content (AvgIpc) is 3.81. The monoisotopic (exact) mass is 828 g/mol. The number of hydrogen-bond acceptors (Lipinski definition) is 2. The SMILES string of the molecule is CC(C)(C)c1cc(Oc2ccc3c4ccccc4n(-c4cc(C(C)(C)C)ccn4)c3c2)cc([N+]2=C=[N+](c3c(-c4ccccc4)cccc3-c3cc(F)cc(F)c3)c3ccccc32)c1. The Morgan fingerprint density at radius 2 is 1.17 bits per heavy atom. The van der Waals surface area contributed by atoms with Gasteiger partial charge in [0.2, 0.25) is 11.4 Å². The third-order valence-corrected chi connectivity index (χ3v) is 11.8. The van der Waals surface area contributed by atoms with Crippen LogP contribution >= 0.6 is 0 Å². The van der Waals surface area contributed by atoms with E-state index in [0.717, 1.165) is 73.1 Å². The summed E-state index contributed by atoms with van der Waals surface area (Å²) < 4.78 is 42.9. The Balaban J connectivity index is 1.16. The normalized spacial score (nSPS) is 12.7. The standard InChI is InChI=1S/C56H46F2N4O/c1-55(2,3)38-25-26-59-53(31-38)62-49-20-11-10-17-47(49)48-24-23-43(34-52(48)62)63-44-30-39(56(4,5)6)29-42(33-44)60-35-61(51-22-13-12-21-50(51)60)54-45(36-15-8-7-9-16-36)18-14-19-46(54)37-27-40(57)32-41(58)28-37/h7-34H,1-6H3/q+2. The predicted molar refractivity (Wildman–Crippen MR) is 254 cm³/mol. The molecule has 0 unspecified atom stereocenters. The third-order valence-electron chi connectivity index (χ3n) is 11.8. The number of pyridine rings is 1. The first-order valence-electron chi connectivity index (χ1n) is 21.2. The van der Waals surface area contributed by atoms with Gasteiger partial charge in [0.1, 0.15) is 29.0 Å². The first-order chi connectivity index (χ1) is 30.3. The zero-order chi connectivity index (χ0) is 43.6. The fraction of sp³-hybridized carbons (Fsp3) is 0.143. The number of aromatic nitrogens is 2. The van der Waals surface area contributed by atoms with Crippen LogP contribution < -0.4 is 13.9 Å². The summed E-state index contributed by atoms with van der Waals surface area (Å²) in [4.78, 5) is 4.88. The summed E-state index contributed by atoms with van der Waals surface area (Å²) in [5.74, 6) is 0.930. The Morgan fingerprint density at radius 1 is 0.524 bits per heavy atom. The Kier molecular flexibility index (Phi) is 9.54. The van der Waals surface area contributed by atoms with Gasteiger partial charge in [-0.2, -0.15) is 0 Å². The number of rotatable bonds is 7. The zero-order valence-corrected chi connectivity index (χ0v) is 36.1. The van der Waals surface area contributed by atoms with Crippen molar-refractivity contribution >= 4 is 50.6 Å². The van der Waals surface area contributed by atoms with E-state index in [2.05, 4.69) is 119 Å². The fourth-order valence-electron chi connectivity index (χ4n) is 8.60. The molecular weight excluding hydrogens is 783 g/mol. The molecular formula is C56H46F2N4O+2. The molecule has 3 heterocycles. The lowest BCUT2D eigenvalue weighted by molar-refractivity contribution is 0.479. The summed E-state index contributed by atoms with van der Waals surface area (Å²) in [6.07, 6.45) is 1.89. The summed E-state index contributed by atoms with van der Waals surface area (Å²) in [5, 5.41) is 2.25. The minimum atomic E-state index is -0.643. The van der Waals surface area contributed by atoms with Gasteiger partial charge in [0.25, 0.3) is 11.4 Å². The van der Waals surface area contributed by atoms with Crippen molar-refractivity contribution in [2.24, 2.45) is 0 Å². The van der Waals surface area contributed by atoms with Gasteiger partial charge in [-0.05, 0) is 103 Å². The molecule has 63 heavy (non-hydrogen) atoms. The van der Waals surface area contributed by atoms with E-state index in [0.29, 0.717) is 22.6 Å². The van der Waals surface area contributed by atoms with Crippen molar-refractivity contribution in [2.45, 2.75) is 52.4 Å². The average molecular weight is 829 g/mol. The molecule has 0 amide bonds. The maximum atomic E-state index is 14.9. The van der Waals surface area contributed by atoms with Crippen molar-refractivity contribution in [3.63, 3.8) is 0 Å². The van der Waals surface area contributed by atoms with Crippen LogP contribution in [0.3, 0.4) is 0 Å². The van der Waals surface area contributed by atoms with Crippen LogP contribution in [0.1, 0.15) is 52.7 Å². The maximum absolute atomic E-state index is 14.9. The first kappa shape index (κ1) is 39.7. The molecule has 10 rings (SSSR count). The van der Waals surface area contributed by atoms with Crippen molar-refractivity contribution in [3.8, 4) is 39.6 Å². The first-order valence-corrected chi connectivity index (χ1v) is 21.2. The molecule has 0 saturated carbocycles. The molecule has 5 nitrogen and oxygen atoms in total. The van der Waals surface area contributed by atoms with Gasteiger partial charge in [0.05, 0.1) is 28.2 Å². The molecule has 9 aromatic rings. The van der Waals surface area contributed by atoms with Crippen molar-refractivity contribution in [2.75, 3.05) is 0 Å². The van der Waals surface area contributed by atoms with E-state index in [-0.39, 0.29) is 10.8 Å². The lowest BCUT2D eigenvalue weighted by Crippen LogP contribution is -2.12. The molecule has 7 aromatic carbocycles. The predicted octanol–water partition coefficient (Wildman–Crippen LogP) is 15.0. The quantitative estimate of drug-likeness (QED) is 0.150. The number of nitrogens with zero attached hydrogens (tertiary/aromatic N) is 4. The molecule has 0 atom stereocenters. The molecule has 0 spiro atoms. The molecule has 0 bridgehead atoms. The van der Waals surface area contributed by atoms with E-state index in [9.17, 15) is 8.78 Å². The Labute approximate surface area is 366 Å². The fourth-order valence-corrected chi connectivity index (χ4v) is 8.60. The van der Waals surface area contributed by atoms with E-state index in [4.69, 9.17) is 9.72 Å². The van der Waals surface area contributed by atoms with Crippen LogP contribution in [0.4, 0.5) is 31.5 Å². The highest BCUT2D eigenvalue weighted by atomic mass is 19.1. The Morgan fingerprint density at radius 3 is 1.90 bits per heavy atom. The Bertz CT molecular complexity index is 3330. The number of benzene rings is 7. The Hall–Kier alpha value is -7.47. The molecule has 1 aliphatic rings. The second-order valence-corrected chi connectivity index (χ2v) is 18.2. The van der Waals surface area contributed by atoms with E-state index < -0.39 is 11.6 Å². The zero-order valence-electron chi connectivity index (χ0n) is 36.1. The number of halogens is 2. The molecule has 0 saturated heterocycles. The minimum absolute atomic E-state index is 0.0451. The molecule has 0 N–H and O–H groups in total. The summed E-state index contributed by atoms with van der Waals surface area (Å²) in [7, 11) is 0. The van der Waals surface area contributed by atoms with Crippen molar-refractivity contribution in [1.29, 1.82) is 0 Å². The third kappa shape index (κ3) is 7.30. The van der Waals surface area contributed by atoms with Crippen molar-refractivity contribution < 1.29 is 13.5 Å². The topological polar surface area (TPSA) is 33.1 Å². The largest absolute Gasteiger partial charge is 0.503 e. The van der Waals surface area contributed by atoms with Gasteiger partial charge in [-0.1, -0.05) is 108 Å². The van der Waals surface area contributed by atoms with E-state index in [1.165, 1.54) is 17.7 Å². The van der Waals surface area contributed by atoms with Gasteiger partial charge in [0.15, 0.2) is 0 Å². The number of fused-ring (bicyclic) bond motifs is 4. The van der Waals surface area contributed by atoms with Crippen molar-refractivity contribution in [1.82, 2.24) is 18.7 Å². The van der Waals surface area contributed by atoms with Crippen molar-refractivity contribution in [3.05, 3.63) is 193 Å². The van der Waals surface area contributed by atoms with Gasteiger partial charge in [-0.3, -0.25) is 4.57 Å². The summed E-state index contributed by atoms with van der Waals surface area (Å²) in [6, 6.07) is 56.7. The lowest BCUT2D eigenvalue weighted by atomic mass is 9.86. The highest BCUT2D eigenvalue weighted by Gasteiger charge is 2.40. The summed E-state index contributed by atoms with van der Waals surface area (Å²) in [5.41, 5.74) is 10.4. The smallest absolute Gasteiger partial charge is 0.457 e. The van der Waals surface area contributed by atoms with Gasteiger partial charge in [-0.15, -0.1) is 0 Å². The van der Waals surface area contributed by atoms with Crippen LogP contribution in [-0.2, 0) is 10.8 Å². The molecule has 308 valence electrons. The van der Waals surface area contributed by atoms with Crippen LogP contribution in [-0.4, -0.2) is 15.6 Å². The second-order valence-electron chi connectivity index (χ2n) is 18.2. The lowest BCUT2D eigenvalue weighted by Gasteiger charge is -2.20. The molecule has 1 aliphatic heterocycles. The van der Waals surface area contributed by atoms with Crippen LogP contribution in [0.5, 0.6) is 11.5 Å². The molecule has 0 radical (unpaired) electrons. The van der Waals surface area contributed by atoms with Gasteiger partial charge in [-0.25, -0.2) is 13.8 Å². The minimum Gasteiger partial charge on any atom is -0.457 e. The van der Waals surface area contributed by atoms with Crippen LogP contribution in [0.25, 0.3) is 49.9 Å². The van der Waals surface area contributed by atoms with E-state index in [1.807, 2.05) is 94.2 Å². The van der Waals surface area contributed by atoms with Crippen LogP contribution in [0.15, 0.2) is 170 Å². The number of ether oxygens (including phenoxy) is 1. The number of para-hydroxylation sites is 4. The second kappa shape index (κ2) is 15.2. The van der Waals surface area contributed by atoms with Gasteiger partial charge in [0, 0.05) is 47.3 Å². The highest BCUT2D eigenvalue weighted by molar-refractivity contribution is 6.09. The van der Waals surface area contributed by atoms with E-state index >= 15 is 0 Å². The highest BCUT2D eigenvalue weighted by Crippen LogP contribution is 2.46. The van der Waals surface area contributed by atoms with E-state index in [1.54, 1.807) is 0 Å². The number of hydrogen-bond donors (Lipinski definition) is 0. The molecule has 0 aliphatic carbocycles. The van der Waals surface area contributed by atoms with Crippen LogP contribution in [0, 0.1) is 11.6 Å².